The molecule has 0 saturated carbocycles. The zero-order valence-corrected chi connectivity index (χ0v) is 12.0. The molecule has 1 aromatic heterocycles. The summed E-state index contributed by atoms with van der Waals surface area (Å²) in [7, 11) is 1.85. The molecule has 0 aliphatic rings. The van der Waals surface area contributed by atoms with Gasteiger partial charge in [0.1, 0.15) is 0 Å². The van der Waals surface area contributed by atoms with Crippen molar-refractivity contribution in [2.45, 2.75) is 6.54 Å². The van der Waals surface area contributed by atoms with Gasteiger partial charge in [-0.3, -0.25) is 0 Å². The Bertz CT molecular complexity index is 541. The first-order valence-corrected chi connectivity index (χ1v) is 6.38. The van der Waals surface area contributed by atoms with Gasteiger partial charge in [-0.2, -0.15) is 0 Å². The Morgan fingerprint density at radius 3 is 2.82 bits per heavy atom. The first-order chi connectivity index (χ1) is 8.15. The number of hydrogen-bond acceptors (Lipinski definition) is 3. The second-order valence-corrected chi connectivity index (χ2v) is 4.97. The zero-order chi connectivity index (χ0) is 12.4. The Kier molecular flexibility index (Phi) is 4.04. The van der Waals surface area contributed by atoms with Gasteiger partial charge < -0.3 is 5.32 Å². The molecule has 0 radical (unpaired) electrons. The number of hydrogen-bond donors (Lipinski definition) is 1. The van der Waals surface area contributed by atoms with E-state index in [0.29, 0.717) is 22.3 Å². The van der Waals surface area contributed by atoms with Crippen LogP contribution >= 0.6 is 39.1 Å². The average Bonchev–Trinajstić information content (AvgIpc) is 2.75. The second kappa shape index (κ2) is 5.35. The van der Waals surface area contributed by atoms with E-state index in [0.717, 1.165) is 10.2 Å². The van der Waals surface area contributed by atoms with E-state index >= 15 is 0 Å². The van der Waals surface area contributed by atoms with Crippen LogP contribution in [0.2, 0.25) is 10.0 Å². The molecule has 0 spiro atoms. The van der Waals surface area contributed by atoms with Crippen LogP contribution in [0.15, 0.2) is 22.8 Å². The van der Waals surface area contributed by atoms with Gasteiger partial charge in [-0.15, -0.1) is 5.10 Å². The summed E-state index contributed by atoms with van der Waals surface area (Å²) in [6.07, 6.45) is 1.68. The van der Waals surface area contributed by atoms with E-state index in [1.54, 1.807) is 10.9 Å². The van der Waals surface area contributed by atoms with Crippen molar-refractivity contribution in [3.63, 3.8) is 0 Å². The maximum Gasteiger partial charge on any atom is 0.0869 e. The van der Waals surface area contributed by atoms with Gasteiger partial charge in [0.25, 0.3) is 0 Å². The van der Waals surface area contributed by atoms with Crippen molar-refractivity contribution in [3.8, 4) is 5.69 Å². The van der Waals surface area contributed by atoms with Crippen LogP contribution in [0.3, 0.4) is 0 Å². The Morgan fingerprint density at radius 1 is 1.35 bits per heavy atom. The number of rotatable bonds is 3. The summed E-state index contributed by atoms with van der Waals surface area (Å²) in [6, 6.07) is 3.67. The van der Waals surface area contributed by atoms with Gasteiger partial charge in [0.05, 0.1) is 27.6 Å². The Hall–Kier alpha value is -0.620. The highest BCUT2D eigenvalue weighted by Crippen LogP contribution is 2.34. The lowest BCUT2D eigenvalue weighted by Gasteiger charge is -2.09. The number of aromatic nitrogens is 3. The van der Waals surface area contributed by atoms with Gasteiger partial charge in [0.2, 0.25) is 0 Å². The Morgan fingerprint density at radius 2 is 2.12 bits per heavy atom. The SMILES string of the molecule is CNCc1cnnn1-c1ccc(Br)c(Cl)c1Cl. The maximum absolute atomic E-state index is 6.19. The van der Waals surface area contributed by atoms with Crippen molar-refractivity contribution in [3.05, 3.63) is 38.5 Å². The molecule has 90 valence electrons. The van der Waals surface area contributed by atoms with Crippen molar-refractivity contribution in [2.75, 3.05) is 7.05 Å². The average molecular weight is 336 g/mol. The predicted octanol–water partition coefficient (Wildman–Crippen LogP) is 3.06. The molecule has 0 bridgehead atoms. The van der Waals surface area contributed by atoms with Crippen LogP contribution in [0.4, 0.5) is 0 Å². The lowest BCUT2D eigenvalue weighted by atomic mass is 10.3. The fraction of sp³-hybridized carbons (Fsp3) is 0.200. The third-order valence-electron chi connectivity index (χ3n) is 2.22. The van der Waals surface area contributed by atoms with Crippen molar-refractivity contribution in [1.29, 1.82) is 0 Å². The lowest BCUT2D eigenvalue weighted by Crippen LogP contribution is -2.11. The molecule has 0 fully saturated rings. The number of nitrogens with zero attached hydrogens (tertiary/aromatic N) is 3. The van der Waals surface area contributed by atoms with Gasteiger partial charge in [-0.1, -0.05) is 28.4 Å². The standard InChI is InChI=1S/C10H9BrCl2N4/c1-14-4-6-5-15-16-17(6)8-3-2-7(11)9(12)10(8)13/h2-3,5,14H,4H2,1H3. The molecule has 1 aromatic carbocycles. The van der Waals surface area contributed by atoms with Crippen molar-refractivity contribution < 1.29 is 0 Å². The highest BCUT2D eigenvalue weighted by Gasteiger charge is 2.13. The molecule has 0 aliphatic heterocycles. The first-order valence-electron chi connectivity index (χ1n) is 4.83. The van der Waals surface area contributed by atoms with E-state index in [1.807, 2.05) is 19.2 Å². The van der Waals surface area contributed by atoms with Crippen LogP contribution in [0, 0.1) is 0 Å². The van der Waals surface area contributed by atoms with E-state index in [2.05, 4.69) is 31.6 Å². The molecule has 4 nitrogen and oxygen atoms in total. The quantitative estimate of drug-likeness (QED) is 0.876. The van der Waals surface area contributed by atoms with Gasteiger partial charge in [0, 0.05) is 11.0 Å². The molecule has 0 unspecified atom stereocenters. The molecular weight excluding hydrogens is 327 g/mol. The van der Waals surface area contributed by atoms with Crippen molar-refractivity contribution >= 4 is 39.1 Å². The molecule has 1 N–H and O–H groups in total. The third-order valence-corrected chi connectivity index (χ3v) is 3.98. The van der Waals surface area contributed by atoms with Crippen LogP contribution in [0.5, 0.6) is 0 Å². The lowest BCUT2D eigenvalue weighted by molar-refractivity contribution is 0.714. The van der Waals surface area contributed by atoms with Crippen LogP contribution in [-0.2, 0) is 6.54 Å². The van der Waals surface area contributed by atoms with E-state index in [-0.39, 0.29) is 0 Å². The van der Waals surface area contributed by atoms with Crippen LogP contribution < -0.4 is 5.32 Å². The monoisotopic (exact) mass is 334 g/mol. The summed E-state index contributed by atoms with van der Waals surface area (Å²) in [6.45, 7) is 0.650. The zero-order valence-electron chi connectivity index (χ0n) is 8.91. The van der Waals surface area contributed by atoms with E-state index in [4.69, 9.17) is 23.2 Å². The summed E-state index contributed by atoms with van der Waals surface area (Å²) in [5, 5.41) is 11.8. The van der Waals surface area contributed by atoms with Crippen molar-refractivity contribution in [1.82, 2.24) is 20.3 Å². The maximum atomic E-state index is 6.19. The van der Waals surface area contributed by atoms with Gasteiger partial charge in [0.15, 0.2) is 0 Å². The molecule has 0 saturated heterocycles. The minimum atomic E-state index is 0.448. The largest absolute Gasteiger partial charge is 0.314 e. The van der Waals surface area contributed by atoms with Gasteiger partial charge in [-0.25, -0.2) is 4.68 Å². The fourth-order valence-electron chi connectivity index (χ4n) is 1.44. The second-order valence-electron chi connectivity index (χ2n) is 3.36. The van der Waals surface area contributed by atoms with E-state index < -0.39 is 0 Å². The molecule has 7 heteroatoms. The molecule has 1 heterocycles. The molecule has 0 atom stereocenters. The topological polar surface area (TPSA) is 42.7 Å². The summed E-state index contributed by atoms with van der Waals surface area (Å²) in [5.74, 6) is 0. The minimum absolute atomic E-state index is 0.448. The van der Waals surface area contributed by atoms with E-state index in [9.17, 15) is 0 Å². The summed E-state index contributed by atoms with van der Waals surface area (Å²) in [4.78, 5) is 0. The Labute approximate surface area is 117 Å². The van der Waals surface area contributed by atoms with Gasteiger partial charge >= 0.3 is 0 Å². The van der Waals surface area contributed by atoms with E-state index in [1.165, 1.54) is 0 Å². The fourth-order valence-corrected chi connectivity index (χ4v) is 2.29. The highest BCUT2D eigenvalue weighted by molar-refractivity contribution is 9.10. The molecule has 2 rings (SSSR count). The third kappa shape index (κ3) is 2.47. The summed E-state index contributed by atoms with van der Waals surface area (Å²) in [5.41, 5.74) is 1.62. The number of benzene rings is 1. The number of halogens is 3. The minimum Gasteiger partial charge on any atom is -0.314 e. The normalized spacial score (nSPS) is 10.8. The first kappa shape index (κ1) is 12.8. The smallest absolute Gasteiger partial charge is 0.0869 e. The molecule has 17 heavy (non-hydrogen) atoms. The van der Waals surface area contributed by atoms with Crippen LogP contribution in [-0.4, -0.2) is 22.0 Å². The van der Waals surface area contributed by atoms with Gasteiger partial charge in [-0.05, 0) is 35.1 Å². The molecule has 0 amide bonds. The molecule has 0 aliphatic carbocycles. The Balaban J connectivity index is 2.53. The molecule has 2 aromatic rings. The van der Waals surface area contributed by atoms with Crippen LogP contribution in [0.25, 0.3) is 5.69 Å². The predicted molar refractivity (Wildman–Crippen MR) is 71.8 cm³/mol. The summed E-state index contributed by atoms with van der Waals surface area (Å²) >= 11 is 15.6. The van der Waals surface area contributed by atoms with Crippen LogP contribution in [0.1, 0.15) is 5.69 Å². The number of nitrogens with one attached hydrogen (secondary N) is 1. The van der Waals surface area contributed by atoms with Crippen molar-refractivity contribution in [2.24, 2.45) is 0 Å². The molecular formula is C10H9BrCl2N4. The summed E-state index contributed by atoms with van der Waals surface area (Å²) < 4.78 is 2.42. The highest BCUT2D eigenvalue weighted by atomic mass is 79.9.